The number of benzene rings is 1. The van der Waals surface area contributed by atoms with Crippen LogP contribution in [0.3, 0.4) is 0 Å². The molecule has 1 unspecified atom stereocenters. The Morgan fingerprint density at radius 3 is 2.70 bits per heavy atom. The summed E-state index contributed by atoms with van der Waals surface area (Å²) in [4.78, 5) is 25.0. The smallest absolute Gasteiger partial charge is 0.234 e. The van der Waals surface area contributed by atoms with Gasteiger partial charge in [0.15, 0.2) is 0 Å². The monoisotopic (exact) mass is 495 g/mol. The van der Waals surface area contributed by atoms with Crippen molar-refractivity contribution in [1.82, 2.24) is 19.7 Å². The number of anilines is 1. The fourth-order valence-corrected chi connectivity index (χ4v) is 4.98. The molecule has 1 aliphatic rings. The number of nitrogens with zero attached hydrogens (tertiary/aromatic N) is 5. The van der Waals surface area contributed by atoms with E-state index >= 15 is 0 Å². The summed E-state index contributed by atoms with van der Waals surface area (Å²) in [6.45, 7) is 7.17. The van der Waals surface area contributed by atoms with Crippen molar-refractivity contribution in [2.75, 3.05) is 4.90 Å². The highest BCUT2D eigenvalue weighted by Gasteiger charge is 2.32. The first-order valence-corrected chi connectivity index (χ1v) is 12.9. The largest absolute Gasteiger partial charge is 0.508 e. The summed E-state index contributed by atoms with van der Waals surface area (Å²) in [7, 11) is 0. The van der Waals surface area contributed by atoms with E-state index in [-0.39, 0.29) is 17.6 Å². The van der Waals surface area contributed by atoms with Crippen molar-refractivity contribution in [1.29, 1.82) is 0 Å². The van der Waals surface area contributed by atoms with Gasteiger partial charge in [-0.15, -0.1) is 0 Å². The van der Waals surface area contributed by atoms with Crippen molar-refractivity contribution in [3.63, 3.8) is 0 Å². The summed E-state index contributed by atoms with van der Waals surface area (Å²) in [6.07, 6.45) is 9.83. The number of fused-ring (bicyclic) bond motifs is 1. The topological polar surface area (TPSA) is 84.1 Å². The van der Waals surface area contributed by atoms with E-state index in [9.17, 15) is 9.90 Å². The van der Waals surface area contributed by atoms with Crippen LogP contribution in [-0.2, 0) is 24.3 Å². The lowest BCUT2D eigenvalue weighted by Gasteiger charge is -2.31. The van der Waals surface area contributed by atoms with Gasteiger partial charge in [0.1, 0.15) is 5.75 Å². The molecule has 1 atom stereocenters. The minimum atomic E-state index is -0.313. The van der Waals surface area contributed by atoms with Gasteiger partial charge in [-0.05, 0) is 73.1 Å². The van der Waals surface area contributed by atoms with Crippen LogP contribution in [0.1, 0.15) is 72.2 Å². The van der Waals surface area contributed by atoms with Gasteiger partial charge in [0.2, 0.25) is 5.91 Å². The summed E-state index contributed by atoms with van der Waals surface area (Å²) in [5, 5.41) is 14.9. The van der Waals surface area contributed by atoms with Crippen LogP contribution in [0, 0.1) is 6.92 Å². The molecule has 0 saturated heterocycles. The number of aromatic hydroxyl groups is 1. The summed E-state index contributed by atoms with van der Waals surface area (Å²) < 4.78 is 1.85. The molecule has 3 aromatic heterocycles. The Kier molecular flexibility index (Phi) is 7.04. The van der Waals surface area contributed by atoms with E-state index in [2.05, 4.69) is 28.9 Å². The van der Waals surface area contributed by atoms with Crippen molar-refractivity contribution in [2.45, 2.75) is 65.0 Å². The molecular weight excluding hydrogens is 462 g/mol. The van der Waals surface area contributed by atoms with Crippen LogP contribution >= 0.6 is 0 Å². The third-order valence-electron chi connectivity index (χ3n) is 7.04. The van der Waals surface area contributed by atoms with Crippen molar-refractivity contribution >= 4 is 11.6 Å². The molecule has 0 bridgehead atoms. The summed E-state index contributed by atoms with van der Waals surface area (Å²) >= 11 is 0. The molecule has 3 heterocycles. The number of carbonyl (C=O) groups excluding carboxylic acids is 1. The number of phenolic OH excluding ortho intramolecular Hbond substituents is 1. The number of amides is 1. The van der Waals surface area contributed by atoms with E-state index < -0.39 is 0 Å². The minimum Gasteiger partial charge on any atom is -0.508 e. The molecule has 0 saturated carbocycles. The summed E-state index contributed by atoms with van der Waals surface area (Å²) in [5.74, 6) is 0.279. The van der Waals surface area contributed by atoms with Gasteiger partial charge in [-0.3, -0.25) is 19.4 Å². The number of phenols is 1. The van der Waals surface area contributed by atoms with E-state index in [0.29, 0.717) is 19.0 Å². The lowest BCUT2D eigenvalue weighted by atomic mass is 9.81. The molecule has 1 amide bonds. The first kappa shape index (κ1) is 24.7. The molecule has 1 aliphatic carbocycles. The molecule has 0 radical (unpaired) electrons. The van der Waals surface area contributed by atoms with Gasteiger partial charge < -0.3 is 10.0 Å². The van der Waals surface area contributed by atoms with Crippen molar-refractivity contribution in [3.8, 4) is 5.75 Å². The quantitative estimate of drug-likeness (QED) is 0.365. The second-order valence-electron chi connectivity index (χ2n) is 10.2. The first-order valence-electron chi connectivity index (χ1n) is 12.9. The average Bonchev–Trinajstić information content (AvgIpc) is 3.35. The molecule has 37 heavy (non-hydrogen) atoms. The highest BCUT2D eigenvalue weighted by atomic mass is 16.3. The average molecular weight is 496 g/mol. The van der Waals surface area contributed by atoms with Crippen LogP contribution in [0.4, 0.5) is 5.69 Å². The van der Waals surface area contributed by atoms with Crippen LogP contribution in [0.25, 0.3) is 0 Å². The van der Waals surface area contributed by atoms with Crippen molar-refractivity contribution in [3.05, 3.63) is 101 Å². The molecule has 7 heteroatoms. The molecule has 7 nitrogen and oxygen atoms in total. The number of carbonyl (C=O) groups is 1. The molecule has 1 aromatic carbocycles. The number of hydrogen-bond donors (Lipinski definition) is 1. The SMILES string of the molecule is Cc1ccc(Cn2cc(CN(C(=O)C3CCCc4c(O)cccc43)c3ccc(C(C)C)nc3)cn2)nc1. The van der Waals surface area contributed by atoms with Crippen LogP contribution in [0.15, 0.2) is 67.3 Å². The molecule has 4 aromatic rings. The van der Waals surface area contributed by atoms with E-state index in [1.54, 1.807) is 12.3 Å². The zero-order chi connectivity index (χ0) is 25.9. The number of hydrogen-bond acceptors (Lipinski definition) is 5. The van der Waals surface area contributed by atoms with Crippen LogP contribution < -0.4 is 4.90 Å². The number of aryl methyl sites for hydroxylation is 1. The zero-order valence-corrected chi connectivity index (χ0v) is 21.6. The molecule has 0 fully saturated rings. The zero-order valence-electron chi connectivity index (χ0n) is 21.6. The standard InChI is InChI=1S/C30H33N5O2/c1-20(2)28-13-12-24(16-32-28)35(30(37)27-8-4-7-26-25(27)6-5-9-29(26)36)18-22-15-33-34(17-22)19-23-11-10-21(3)14-31-23/h5-6,9-17,20,27,36H,4,7-8,18-19H2,1-3H3. The van der Waals surface area contributed by atoms with Gasteiger partial charge in [-0.25, -0.2) is 0 Å². The second kappa shape index (κ2) is 10.5. The normalized spacial score (nSPS) is 15.0. The molecule has 1 N–H and O–H groups in total. The lowest BCUT2D eigenvalue weighted by molar-refractivity contribution is -0.120. The predicted molar refractivity (Wildman–Crippen MR) is 144 cm³/mol. The molecule has 5 rings (SSSR count). The second-order valence-corrected chi connectivity index (χ2v) is 10.2. The highest BCUT2D eigenvalue weighted by Crippen LogP contribution is 2.38. The number of pyridine rings is 2. The van der Waals surface area contributed by atoms with Gasteiger partial charge >= 0.3 is 0 Å². The molecule has 0 aliphatic heterocycles. The van der Waals surface area contributed by atoms with Crippen molar-refractivity contribution < 1.29 is 9.90 Å². The third kappa shape index (κ3) is 5.40. The Bertz CT molecular complexity index is 1380. The van der Waals surface area contributed by atoms with E-state index in [1.165, 1.54) is 0 Å². The van der Waals surface area contributed by atoms with Crippen molar-refractivity contribution in [2.24, 2.45) is 0 Å². The molecule has 190 valence electrons. The van der Waals surface area contributed by atoms with Crippen LogP contribution in [0.5, 0.6) is 5.75 Å². The van der Waals surface area contributed by atoms with Gasteiger partial charge in [0, 0.05) is 23.7 Å². The maximum atomic E-state index is 14.1. The Hall–Kier alpha value is -4.00. The maximum absolute atomic E-state index is 14.1. The van der Waals surface area contributed by atoms with Gasteiger partial charge in [0.05, 0.1) is 42.8 Å². The number of aromatic nitrogens is 4. The van der Waals surface area contributed by atoms with Gasteiger partial charge in [-0.2, -0.15) is 5.10 Å². The lowest BCUT2D eigenvalue weighted by Crippen LogP contribution is -2.36. The van der Waals surface area contributed by atoms with Crippen LogP contribution in [0.2, 0.25) is 0 Å². The minimum absolute atomic E-state index is 0.0126. The maximum Gasteiger partial charge on any atom is 0.234 e. The third-order valence-corrected chi connectivity index (χ3v) is 7.04. The highest BCUT2D eigenvalue weighted by molar-refractivity contribution is 5.98. The van der Waals surface area contributed by atoms with E-state index in [0.717, 1.165) is 58.6 Å². The first-order chi connectivity index (χ1) is 17.9. The predicted octanol–water partition coefficient (Wildman–Crippen LogP) is 5.51. The van der Waals surface area contributed by atoms with E-state index in [1.807, 2.05) is 71.5 Å². The Labute approximate surface area is 217 Å². The molecular formula is C30H33N5O2. The summed E-state index contributed by atoms with van der Waals surface area (Å²) in [5.41, 5.74) is 6.54. The Balaban J connectivity index is 1.44. The van der Waals surface area contributed by atoms with Gasteiger partial charge in [0.25, 0.3) is 0 Å². The van der Waals surface area contributed by atoms with Crippen LogP contribution in [-0.4, -0.2) is 30.8 Å². The molecule has 0 spiro atoms. The van der Waals surface area contributed by atoms with Gasteiger partial charge in [-0.1, -0.05) is 32.0 Å². The fraction of sp³-hybridized carbons (Fsp3) is 0.333. The summed E-state index contributed by atoms with van der Waals surface area (Å²) in [6, 6.07) is 13.5. The Morgan fingerprint density at radius 1 is 1.11 bits per heavy atom. The fourth-order valence-electron chi connectivity index (χ4n) is 4.98. The number of rotatable bonds is 7. The van der Waals surface area contributed by atoms with E-state index in [4.69, 9.17) is 0 Å². The Morgan fingerprint density at radius 2 is 1.97 bits per heavy atom.